The van der Waals surface area contributed by atoms with E-state index in [0.717, 1.165) is 0 Å². The number of nitrogens with one attached hydrogen (secondary N) is 1. The molecule has 2 aromatic heterocycles. The lowest BCUT2D eigenvalue weighted by molar-refractivity contribution is 0.0527. The van der Waals surface area contributed by atoms with Gasteiger partial charge in [-0.1, -0.05) is 0 Å². The third-order valence-electron chi connectivity index (χ3n) is 2.34. The second-order valence-corrected chi connectivity index (χ2v) is 3.36. The predicted octanol–water partition coefficient (Wildman–Crippen LogP) is 0.921. The van der Waals surface area contributed by atoms with Gasteiger partial charge >= 0.3 is 11.9 Å². The SMILES string of the molecule is CCOC(=O)c1c[nH]c2c(C(=O)OC)ncnc12. The number of nitrogens with zero attached hydrogens (tertiary/aromatic N) is 2. The number of ether oxygens (including phenoxy) is 2. The molecule has 0 amide bonds. The first-order chi connectivity index (χ1) is 8.69. The van der Waals surface area contributed by atoms with Crippen molar-refractivity contribution in [3.63, 3.8) is 0 Å². The van der Waals surface area contributed by atoms with Gasteiger partial charge in [0, 0.05) is 6.20 Å². The maximum absolute atomic E-state index is 11.7. The lowest BCUT2D eigenvalue weighted by Crippen LogP contribution is -2.07. The van der Waals surface area contributed by atoms with Crippen LogP contribution in [0.1, 0.15) is 27.8 Å². The number of aromatic amines is 1. The number of hydrogen-bond acceptors (Lipinski definition) is 6. The van der Waals surface area contributed by atoms with Crippen LogP contribution in [0.15, 0.2) is 12.5 Å². The summed E-state index contributed by atoms with van der Waals surface area (Å²) in [6.45, 7) is 1.97. The highest BCUT2D eigenvalue weighted by Crippen LogP contribution is 2.19. The van der Waals surface area contributed by atoms with Crippen LogP contribution >= 0.6 is 0 Å². The summed E-state index contributed by atoms with van der Waals surface area (Å²) >= 11 is 0. The molecule has 0 aromatic carbocycles. The van der Waals surface area contributed by atoms with E-state index >= 15 is 0 Å². The molecule has 0 saturated carbocycles. The summed E-state index contributed by atoms with van der Waals surface area (Å²) in [6.07, 6.45) is 2.63. The minimum Gasteiger partial charge on any atom is -0.464 e. The first-order valence-corrected chi connectivity index (χ1v) is 5.26. The number of methoxy groups -OCH3 is 1. The van der Waals surface area contributed by atoms with Crippen LogP contribution in [-0.4, -0.2) is 40.6 Å². The van der Waals surface area contributed by atoms with E-state index in [4.69, 9.17) is 4.74 Å². The summed E-state index contributed by atoms with van der Waals surface area (Å²) in [5, 5.41) is 0. The monoisotopic (exact) mass is 249 g/mol. The molecule has 0 aliphatic carbocycles. The smallest absolute Gasteiger partial charge is 0.358 e. The summed E-state index contributed by atoms with van der Waals surface area (Å²) < 4.78 is 9.48. The zero-order valence-electron chi connectivity index (χ0n) is 9.89. The summed E-state index contributed by atoms with van der Waals surface area (Å²) in [5.41, 5.74) is 1.04. The zero-order chi connectivity index (χ0) is 13.1. The van der Waals surface area contributed by atoms with Crippen LogP contribution in [0, 0.1) is 0 Å². The molecule has 0 unspecified atom stereocenters. The number of aromatic nitrogens is 3. The van der Waals surface area contributed by atoms with Crippen LogP contribution in [0.5, 0.6) is 0 Å². The Hall–Kier alpha value is -2.44. The Bertz CT molecular complexity index is 605. The average Bonchev–Trinajstić information content (AvgIpc) is 2.81. The number of fused-ring (bicyclic) bond motifs is 1. The van der Waals surface area contributed by atoms with Crippen LogP contribution in [-0.2, 0) is 9.47 Å². The van der Waals surface area contributed by atoms with Crippen molar-refractivity contribution >= 4 is 23.0 Å². The molecular weight excluding hydrogens is 238 g/mol. The van der Waals surface area contributed by atoms with Gasteiger partial charge in [-0.05, 0) is 6.92 Å². The molecule has 0 bridgehead atoms. The number of esters is 2. The second-order valence-electron chi connectivity index (χ2n) is 3.36. The van der Waals surface area contributed by atoms with Gasteiger partial charge in [-0.2, -0.15) is 0 Å². The molecular formula is C11H11N3O4. The number of hydrogen-bond donors (Lipinski definition) is 1. The fourth-order valence-electron chi connectivity index (χ4n) is 1.56. The molecule has 0 aliphatic rings. The molecule has 1 N–H and O–H groups in total. The molecule has 7 nitrogen and oxygen atoms in total. The van der Waals surface area contributed by atoms with Gasteiger partial charge in [0.25, 0.3) is 0 Å². The number of H-pyrrole nitrogens is 1. The van der Waals surface area contributed by atoms with Gasteiger partial charge in [-0.15, -0.1) is 0 Å². The number of carbonyl (C=O) groups is 2. The summed E-state index contributed by atoms with van der Waals surface area (Å²) in [4.78, 5) is 33.7. The number of carbonyl (C=O) groups excluding carboxylic acids is 2. The third-order valence-corrected chi connectivity index (χ3v) is 2.34. The maximum Gasteiger partial charge on any atom is 0.358 e. The molecule has 18 heavy (non-hydrogen) atoms. The van der Waals surface area contributed by atoms with Gasteiger partial charge in [0.2, 0.25) is 0 Å². The Morgan fingerprint density at radius 1 is 1.33 bits per heavy atom. The van der Waals surface area contributed by atoms with Gasteiger partial charge < -0.3 is 14.5 Å². The van der Waals surface area contributed by atoms with E-state index in [1.807, 2.05) is 0 Å². The van der Waals surface area contributed by atoms with Gasteiger partial charge in [0.15, 0.2) is 5.69 Å². The van der Waals surface area contributed by atoms with E-state index < -0.39 is 11.9 Å². The standard InChI is InChI=1S/C11H11N3O4/c1-3-18-10(15)6-4-12-8-7(6)13-5-14-9(8)11(16)17-2/h4-5,12H,3H2,1-2H3. The molecule has 0 fully saturated rings. The van der Waals surface area contributed by atoms with Crippen LogP contribution in [0.4, 0.5) is 0 Å². The highest BCUT2D eigenvalue weighted by molar-refractivity contribution is 6.07. The van der Waals surface area contributed by atoms with Gasteiger partial charge in [0.05, 0.1) is 19.2 Å². The fraction of sp³-hybridized carbons (Fsp3) is 0.273. The summed E-state index contributed by atoms with van der Waals surface area (Å²) in [6, 6.07) is 0. The quantitative estimate of drug-likeness (QED) is 0.813. The van der Waals surface area contributed by atoms with Crippen molar-refractivity contribution in [1.82, 2.24) is 15.0 Å². The molecule has 0 aliphatic heterocycles. The third kappa shape index (κ3) is 1.90. The highest BCUT2D eigenvalue weighted by atomic mass is 16.5. The average molecular weight is 249 g/mol. The molecule has 94 valence electrons. The molecule has 0 spiro atoms. The Labute approximate surface area is 102 Å². The van der Waals surface area contributed by atoms with Gasteiger partial charge in [-0.25, -0.2) is 19.6 Å². The van der Waals surface area contributed by atoms with Crippen LogP contribution < -0.4 is 0 Å². The van der Waals surface area contributed by atoms with Crippen molar-refractivity contribution in [2.24, 2.45) is 0 Å². The Kier molecular flexibility index (Phi) is 3.22. The summed E-state index contributed by atoms with van der Waals surface area (Å²) in [7, 11) is 1.26. The van der Waals surface area contributed by atoms with Crippen molar-refractivity contribution in [2.75, 3.05) is 13.7 Å². The fourth-order valence-corrected chi connectivity index (χ4v) is 1.56. The van der Waals surface area contributed by atoms with Crippen LogP contribution in [0.3, 0.4) is 0 Å². The van der Waals surface area contributed by atoms with Crippen molar-refractivity contribution < 1.29 is 19.1 Å². The van der Waals surface area contributed by atoms with Crippen molar-refractivity contribution in [3.8, 4) is 0 Å². The van der Waals surface area contributed by atoms with Crippen molar-refractivity contribution in [3.05, 3.63) is 23.8 Å². The van der Waals surface area contributed by atoms with Crippen molar-refractivity contribution in [2.45, 2.75) is 6.92 Å². The Morgan fingerprint density at radius 3 is 2.78 bits per heavy atom. The highest BCUT2D eigenvalue weighted by Gasteiger charge is 2.20. The lowest BCUT2D eigenvalue weighted by atomic mass is 10.2. The van der Waals surface area contributed by atoms with E-state index in [1.165, 1.54) is 19.6 Å². The summed E-state index contributed by atoms with van der Waals surface area (Å²) in [5.74, 6) is -1.10. The second kappa shape index (κ2) is 4.82. The molecule has 2 rings (SSSR count). The Morgan fingerprint density at radius 2 is 2.11 bits per heavy atom. The van der Waals surface area contributed by atoms with Crippen LogP contribution in [0.2, 0.25) is 0 Å². The minimum atomic E-state index is -0.598. The molecule has 2 heterocycles. The van der Waals surface area contributed by atoms with Crippen molar-refractivity contribution in [1.29, 1.82) is 0 Å². The first kappa shape index (κ1) is 12.0. The largest absolute Gasteiger partial charge is 0.464 e. The zero-order valence-corrected chi connectivity index (χ0v) is 9.89. The molecule has 7 heteroatoms. The van der Waals surface area contributed by atoms with E-state index in [2.05, 4.69) is 19.7 Å². The number of rotatable bonds is 3. The Balaban J connectivity index is 2.55. The topological polar surface area (TPSA) is 94.2 Å². The normalized spacial score (nSPS) is 10.3. The predicted molar refractivity (Wildman–Crippen MR) is 61.2 cm³/mol. The minimum absolute atomic E-state index is 0.0815. The molecule has 0 saturated heterocycles. The molecule has 2 aromatic rings. The van der Waals surface area contributed by atoms with E-state index in [0.29, 0.717) is 11.0 Å². The van der Waals surface area contributed by atoms with Gasteiger partial charge in [-0.3, -0.25) is 0 Å². The van der Waals surface area contributed by atoms with Gasteiger partial charge in [0.1, 0.15) is 17.4 Å². The van der Waals surface area contributed by atoms with E-state index in [9.17, 15) is 9.59 Å². The maximum atomic E-state index is 11.7. The lowest BCUT2D eigenvalue weighted by Gasteiger charge is -2.00. The molecule has 0 radical (unpaired) electrons. The first-order valence-electron chi connectivity index (χ1n) is 5.26. The van der Waals surface area contributed by atoms with E-state index in [1.54, 1.807) is 6.92 Å². The molecule has 0 atom stereocenters. The van der Waals surface area contributed by atoms with Crippen LogP contribution in [0.25, 0.3) is 11.0 Å². The van der Waals surface area contributed by atoms with E-state index in [-0.39, 0.29) is 17.9 Å².